The average Bonchev–Trinajstić information content (AvgIpc) is 2.52. The third kappa shape index (κ3) is 4.92. The number of alkyl carbamates (subject to hydrolysis) is 1. The molecule has 26 heavy (non-hydrogen) atoms. The first-order chi connectivity index (χ1) is 11.9. The van der Waals surface area contributed by atoms with Gasteiger partial charge in [0.1, 0.15) is 17.0 Å². The SMILES string of the molecule is C=C(/C(F)=C\C=C/C)[C@]1(NC(=O)OC(C)(C)C)CO[C@@H](C)C[C@@]1(F)CO. The Balaban J connectivity index is 3.37. The first kappa shape index (κ1) is 22.3. The van der Waals surface area contributed by atoms with Crippen molar-refractivity contribution in [3.63, 3.8) is 0 Å². The second-order valence-corrected chi connectivity index (χ2v) is 7.50. The highest BCUT2D eigenvalue weighted by Crippen LogP contribution is 2.43. The molecule has 0 bridgehead atoms. The van der Waals surface area contributed by atoms with Crippen LogP contribution in [0.1, 0.15) is 41.0 Å². The Labute approximate surface area is 153 Å². The molecule has 1 amide bonds. The van der Waals surface area contributed by atoms with E-state index in [1.165, 1.54) is 6.08 Å². The van der Waals surface area contributed by atoms with Crippen LogP contribution < -0.4 is 5.32 Å². The highest BCUT2D eigenvalue weighted by Gasteiger charge is 2.59. The minimum absolute atomic E-state index is 0.241. The van der Waals surface area contributed by atoms with Gasteiger partial charge in [-0.3, -0.25) is 0 Å². The van der Waals surface area contributed by atoms with Crippen LogP contribution in [0.15, 0.2) is 36.2 Å². The normalized spacial score (nSPS) is 30.3. The first-order valence-corrected chi connectivity index (χ1v) is 8.51. The van der Waals surface area contributed by atoms with Gasteiger partial charge in [-0.2, -0.15) is 0 Å². The topological polar surface area (TPSA) is 67.8 Å². The number of halogens is 2. The van der Waals surface area contributed by atoms with Gasteiger partial charge in [0.25, 0.3) is 0 Å². The molecule has 148 valence electrons. The van der Waals surface area contributed by atoms with Crippen LogP contribution in [0.3, 0.4) is 0 Å². The highest BCUT2D eigenvalue weighted by atomic mass is 19.1. The van der Waals surface area contributed by atoms with Crippen LogP contribution in [0, 0.1) is 0 Å². The number of hydrogen-bond acceptors (Lipinski definition) is 4. The van der Waals surface area contributed by atoms with Gasteiger partial charge in [-0.05, 0) is 40.7 Å². The van der Waals surface area contributed by atoms with Crippen LogP contribution in [0.2, 0.25) is 0 Å². The number of rotatable bonds is 5. The molecule has 1 rings (SSSR count). The number of aliphatic hydroxyl groups is 1. The Kier molecular flexibility index (Phi) is 7.13. The van der Waals surface area contributed by atoms with Crippen molar-refractivity contribution in [3.8, 4) is 0 Å². The molecule has 3 atom stereocenters. The second-order valence-electron chi connectivity index (χ2n) is 7.50. The predicted molar refractivity (Wildman–Crippen MR) is 96.2 cm³/mol. The molecule has 0 aromatic rings. The fraction of sp³-hybridized carbons (Fsp3) is 0.632. The summed E-state index contributed by atoms with van der Waals surface area (Å²) in [6.07, 6.45) is 2.41. The van der Waals surface area contributed by atoms with Crippen molar-refractivity contribution < 1.29 is 28.2 Å². The number of amides is 1. The van der Waals surface area contributed by atoms with Crippen LogP contribution in [-0.4, -0.2) is 47.3 Å². The smallest absolute Gasteiger partial charge is 0.408 e. The monoisotopic (exact) mass is 373 g/mol. The van der Waals surface area contributed by atoms with E-state index in [0.29, 0.717) is 0 Å². The number of allylic oxidation sites excluding steroid dienone is 3. The molecule has 0 spiro atoms. The van der Waals surface area contributed by atoms with E-state index in [2.05, 4.69) is 11.9 Å². The standard InChI is InChI=1S/C19H29F2NO4/c1-7-8-9-15(20)14(3)19(22-16(24)26-17(4,5)6)12-25-13(2)10-18(19,21)11-23/h7-9,13,23H,3,10-12H2,1-2,4-6H3,(H,22,24)/b8-7-,15-9+/t13-,18+,19+/m0/s1. The molecule has 1 aliphatic rings. The molecule has 5 nitrogen and oxygen atoms in total. The molecular formula is C19H29F2NO4. The molecule has 1 saturated heterocycles. The largest absolute Gasteiger partial charge is 0.444 e. The number of aliphatic hydroxyl groups excluding tert-OH is 1. The second kappa shape index (κ2) is 8.31. The van der Waals surface area contributed by atoms with Gasteiger partial charge in [0, 0.05) is 12.0 Å². The van der Waals surface area contributed by atoms with Crippen molar-refractivity contribution in [3.05, 3.63) is 36.2 Å². The molecule has 0 aromatic heterocycles. The molecule has 1 heterocycles. The molecule has 1 aliphatic heterocycles. The van der Waals surface area contributed by atoms with Gasteiger partial charge >= 0.3 is 6.09 Å². The summed E-state index contributed by atoms with van der Waals surface area (Å²) in [7, 11) is 0. The van der Waals surface area contributed by atoms with E-state index in [9.17, 15) is 14.3 Å². The summed E-state index contributed by atoms with van der Waals surface area (Å²) in [5.41, 5.74) is -5.55. The molecule has 0 unspecified atom stereocenters. The number of carbonyl (C=O) groups excluding carboxylic acids is 1. The van der Waals surface area contributed by atoms with Crippen molar-refractivity contribution in [2.75, 3.05) is 13.2 Å². The average molecular weight is 373 g/mol. The summed E-state index contributed by atoms with van der Waals surface area (Å²) in [5, 5.41) is 12.1. The van der Waals surface area contributed by atoms with Crippen LogP contribution in [0.4, 0.5) is 13.6 Å². The Morgan fingerprint density at radius 3 is 2.62 bits per heavy atom. The van der Waals surface area contributed by atoms with Crippen molar-refractivity contribution >= 4 is 6.09 Å². The fourth-order valence-electron chi connectivity index (χ4n) is 2.83. The molecule has 2 N–H and O–H groups in total. The molecular weight excluding hydrogens is 344 g/mol. The lowest BCUT2D eigenvalue weighted by Gasteiger charge is -2.50. The van der Waals surface area contributed by atoms with E-state index in [-0.39, 0.29) is 18.6 Å². The third-order valence-corrected chi connectivity index (χ3v) is 4.16. The van der Waals surface area contributed by atoms with E-state index >= 15 is 4.39 Å². The van der Waals surface area contributed by atoms with E-state index in [4.69, 9.17) is 9.47 Å². The van der Waals surface area contributed by atoms with Gasteiger partial charge in [-0.15, -0.1) is 0 Å². The van der Waals surface area contributed by atoms with Crippen molar-refractivity contribution in [2.45, 2.75) is 64.0 Å². The fourth-order valence-corrected chi connectivity index (χ4v) is 2.83. The molecule has 0 radical (unpaired) electrons. The first-order valence-electron chi connectivity index (χ1n) is 8.51. The summed E-state index contributed by atoms with van der Waals surface area (Å²) in [5.74, 6) is -0.826. The van der Waals surface area contributed by atoms with Crippen molar-refractivity contribution in [2.24, 2.45) is 0 Å². The Morgan fingerprint density at radius 2 is 2.12 bits per heavy atom. The zero-order valence-corrected chi connectivity index (χ0v) is 16.1. The summed E-state index contributed by atoms with van der Waals surface area (Å²) in [6, 6.07) is 0. The maximum atomic E-state index is 15.7. The van der Waals surface area contributed by atoms with Gasteiger partial charge < -0.3 is 19.9 Å². The van der Waals surface area contributed by atoms with Crippen LogP contribution in [0.25, 0.3) is 0 Å². The lowest BCUT2D eigenvalue weighted by molar-refractivity contribution is -0.130. The van der Waals surface area contributed by atoms with E-state index in [0.717, 1.165) is 6.08 Å². The maximum absolute atomic E-state index is 15.7. The molecule has 1 fully saturated rings. The van der Waals surface area contributed by atoms with Crippen molar-refractivity contribution in [1.82, 2.24) is 5.32 Å². The molecule has 0 aliphatic carbocycles. The van der Waals surface area contributed by atoms with E-state index in [1.807, 2.05) is 0 Å². The van der Waals surface area contributed by atoms with Gasteiger partial charge in [0.2, 0.25) is 0 Å². The Hall–Kier alpha value is -1.73. The Morgan fingerprint density at radius 1 is 1.50 bits per heavy atom. The summed E-state index contributed by atoms with van der Waals surface area (Å²) in [6.45, 7) is 10.6. The highest BCUT2D eigenvalue weighted by molar-refractivity contribution is 5.71. The van der Waals surface area contributed by atoms with Gasteiger partial charge in [-0.1, -0.05) is 18.7 Å². The van der Waals surface area contributed by atoms with Crippen LogP contribution in [0.5, 0.6) is 0 Å². The Bertz CT molecular complexity index is 597. The van der Waals surface area contributed by atoms with E-state index in [1.54, 1.807) is 40.7 Å². The summed E-state index contributed by atoms with van der Waals surface area (Å²) < 4.78 is 41.0. The van der Waals surface area contributed by atoms with Gasteiger partial charge in [0.05, 0.1) is 19.3 Å². The number of alkyl halides is 1. The minimum Gasteiger partial charge on any atom is -0.444 e. The number of hydrogen-bond donors (Lipinski definition) is 2. The van der Waals surface area contributed by atoms with Crippen molar-refractivity contribution in [1.29, 1.82) is 0 Å². The molecule has 0 saturated carbocycles. The van der Waals surface area contributed by atoms with Gasteiger partial charge in [0.15, 0.2) is 5.67 Å². The number of ether oxygens (including phenoxy) is 2. The molecule has 0 aromatic carbocycles. The summed E-state index contributed by atoms with van der Waals surface area (Å²) >= 11 is 0. The van der Waals surface area contributed by atoms with Gasteiger partial charge in [-0.25, -0.2) is 13.6 Å². The minimum atomic E-state index is -2.38. The quantitative estimate of drug-likeness (QED) is 0.721. The lowest BCUT2D eigenvalue weighted by atomic mass is 9.71. The van der Waals surface area contributed by atoms with Crippen LogP contribution >= 0.6 is 0 Å². The zero-order valence-electron chi connectivity index (χ0n) is 16.1. The number of nitrogens with one attached hydrogen (secondary N) is 1. The number of carbonyl (C=O) groups is 1. The predicted octanol–water partition coefficient (Wildman–Crippen LogP) is 3.75. The summed E-state index contributed by atoms with van der Waals surface area (Å²) in [4.78, 5) is 12.3. The van der Waals surface area contributed by atoms with Crippen LogP contribution in [-0.2, 0) is 9.47 Å². The molecule has 7 heteroatoms. The maximum Gasteiger partial charge on any atom is 0.408 e. The third-order valence-electron chi connectivity index (χ3n) is 4.16. The zero-order chi connectivity index (χ0) is 20.2. The van der Waals surface area contributed by atoms with E-state index < -0.39 is 41.4 Å². The lowest BCUT2D eigenvalue weighted by Crippen LogP contribution is -2.71.